The molecular formula is C23H28N4O4S. The van der Waals surface area contributed by atoms with Crippen molar-refractivity contribution in [3.05, 3.63) is 77.2 Å². The van der Waals surface area contributed by atoms with E-state index in [9.17, 15) is 18.0 Å². The number of imidazole rings is 1. The summed E-state index contributed by atoms with van der Waals surface area (Å²) in [6.07, 6.45) is 2.46. The van der Waals surface area contributed by atoms with Gasteiger partial charge >= 0.3 is 5.69 Å². The van der Waals surface area contributed by atoms with Gasteiger partial charge in [-0.2, -0.15) is 0 Å². The Bertz CT molecular complexity index is 1260. The second kappa shape index (κ2) is 10.4. The zero-order valence-electron chi connectivity index (χ0n) is 18.1. The lowest BCUT2D eigenvalue weighted by atomic mass is 10.2. The maximum Gasteiger partial charge on any atom is 0.329 e. The average Bonchev–Trinajstić information content (AvgIpc) is 3.03. The molecule has 8 nitrogen and oxygen atoms in total. The Balaban J connectivity index is 1.63. The number of rotatable bonds is 11. The second-order valence-corrected chi connectivity index (χ2v) is 9.27. The summed E-state index contributed by atoms with van der Waals surface area (Å²) in [5.74, 6) is -0.378. The van der Waals surface area contributed by atoms with Gasteiger partial charge in [0, 0.05) is 31.7 Å². The fraction of sp³-hybridized carbons (Fsp3) is 0.304. The summed E-state index contributed by atoms with van der Waals surface area (Å²) in [6, 6.07) is 14.2. The number of hydrogen-bond donors (Lipinski definition) is 2. The van der Waals surface area contributed by atoms with E-state index in [0.29, 0.717) is 17.8 Å². The first-order chi connectivity index (χ1) is 15.3. The first kappa shape index (κ1) is 23.5. The normalized spacial score (nSPS) is 11.5. The molecule has 0 atom stereocenters. The number of fused-ring (bicyclic) bond motifs is 1. The summed E-state index contributed by atoms with van der Waals surface area (Å²) in [5, 5.41) is 2.80. The number of hydrogen-bond acceptors (Lipinski definition) is 4. The van der Waals surface area contributed by atoms with E-state index in [-0.39, 0.29) is 36.9 Å². The van der Waals surface area contributed by atoms with E-state index in [1.54, 1.807) is 33.4 Å². The molecule has 0 unspecified atom stereocenters. The minimum absolute atomic E-state index is 0.114. The van der Waals surface area contributed by atoms with Crippen LogP contribution in [0.5, 0.6) is 0 Å². The lowest BCUT2D eigenvalue weighted by Gasteiger charge is -2.08. The molecule has 1 aromatic heterocycles. The number of benzene rings is 2. The lowest BCUT2D eigenvalue weighted by Crippen LogP contribution is -2.26. The molecule has 0 bridgehead atoms. The molecule has 32 heavy (non-hydrogen) atoms. The molecule has 0 saturated heterocycles. The molecule has 0 radical (unpaired) electrons. The van der Waals surface area contributed by atoms with Crippen molar-refractivity contribution in [3.8, 4) is 0 Å². The molecule has 9 heteroatoms. The largest absolute Gasteiger partial charge is 0.329 e. The number of anilines is 1. The predicted octanol–water partition coefficient (Wildman–Crippen LogP) is 2.85. The predicted molar refractivity (Wildman–Crippen MR) is 127 cm³/mol. The zero-order chi connectivity index (χ0) is 23.1. The highest BCUT2D eigenvalue weighted by atomic mass is 32.2. The van der Waals surface area contributed by atoms with Gasteiger partial charge in [-0.25, -0.2) is 17.9 Å². The molecule has 170 valence electrons. The van der Waals surface area contributed by atoms with Crippen LogP contribution in [0.1, 0.15) is 25.3 Å². The topological polar surface area (TPSA) is 102 Å². The SMILES string of the molecule is C=CCNS(=O)(=O)Cc1ccc(NC(=O)CCn2c(=O)n(CCC)c3ccccc32)cc1. The summed E-state index contributed by atoms with van der Waals surface area (Å²) >= 11 is 0. The van der Waals surface area contributed by atoms with Gasteiger partial charge in [-0.3, -0.25) is 13.9 Å². The third kappa shape index (κ3) is 5.74. The highest BCUT2D eigenvalue weighted by molar-refractivity contribution is 7.88. The van der Waals surface area contributed by atoms with Gasteiger partial charge in [0.15, 0.2) is 0 Å². The van der Waals surface area contributed by atoms with Crippen LogP contribution in [-0.2, 0) is 33.7 Å². The molecule has 0 fully saturated rings. The lowest BCUT2D eigenvalue weighted by molar-refractivity contribution is -0.116. The van der Waals surface area contributed by atoms with Gasteiger partial charge < -0.3 is 5.32 Å². The van der Waals surface area contributed by atoms with Crippen molar-refractivity contribution in [1.29, 1.82) is 0 Å². The second-order valence-electron chi connectivity index (χ2n) is 7.47. The number of aromatic nitrogens is 2. The molecule has 0 aliphatic heterocycles. The van der Waals surface area contributed by atoms with Gasteiger partial charge in [-0.15, -0.1) is 6.58 Å². The molecule has 1 amide bonds. The van der Waals surface area contributed by atoms with Gasteiger partial charge in [0.2, 0.25) is 15.9 Å². The van der Waals surface area contributed by atoms with Crippen molar-refractivity contribution in [2.24, 2.45) is 0 Å². The van der Waals surface area contributed by atoms with Gasteiger partial charge in [-0.05, 0) is 36.2 Å². The minimum atomic E-state index is -3.44. The fourth-order valence-electron chi connectivity index (χ4n) is 3.51. The Morgan fingerprint density at radius 3 is 2.25 bits per heavy atom. The van der Waals surface area contributed by atoms with Gasteiger partial charge in [-0.1, -0.05) is 37.3 Å². The number of nitrogens with zero attached hydrogens (tertiary/aromatic N) is 2. The van der Waals surface area contributed by atoms with Crippen LogP contribution in [0.3, 0.4) is 0 Å². The van der Waals surface area contributed by atoms with E-state index in [1.165, 1.54) is 6.08 Å². The van der Waals surface area contributed by atoms with Crippen molar-refractivity contribution >= 4 is 32.7 Å². The number of sulfonamides is 1. The number of aryl methyl sites for hydroxylation is 2. The number of para-hydroxylation sites is 2. The molecule has 0 aliphatic rings. The van der Waals surface area contributed by atoms with E-state index in [2.05, 4.69) is 16.6 Å². The first-order valence-corrected chi connectivity index (χ1v) is 12.1. The fourth-order valence-corrected chi connectivity index (χ4v) is 4.61. The molecule has 0 aliphatic carbocycles. The van der Waals surface area contributed by atoms with Crippen LogP contribution in [-0.4, -0.2) is 30.0 Å². The van der Waals surface area contributed by atoms with Crippen LogP contribution in [0.15, 0.2) is 66.0 Å². The Morgan fingerprint density at radius 1 is 1.03 bits per heavy atom. The standard InChI is InChI=1S/C23H28N4O4S/c1-3-14-24-32(30,31)17-18-9-11-19(12-10-18)25-22(28)13-16-27-21-8-6-5-7-20(21)26(15-4-2)23(27)29/h3,5-12,24H,1,4,13-17H2,2H3,(H,25,28). The van der Waals surface area contributed by atoms with E-state index in [1.807, 2.05) is 31.2 Å². The summed E-state index contributed by atoms with van der Waals surface area (Å²) in [7, 11) is -3.44. The Labute approximate surface area is 187 Å². The van der Waals surface area contributed by atoms with Crippen LogP contribution in [0, 0.1) is 0 Å². The van der Waals surface area contributed by atoms with E-state index < -0.39 is 10.0 Å². The van der Waals surface area contributed by atoms with E-state index >= 15 is 0 Å². The summed E-state index contributed by atoms with van der Waals surface area (Å²) < 4.78 is 29.7. The number of carbonyl (C=O) groups is 1. The number of carbonyl (C=O) groups excluding carboxylic acids is 1. The maximum atomic E-state index is 12.8. The number of amides is 1. The Kier molecular flexibility index (Phi) is 7.66. The van der Waals surface area contributed by atoms with Crippen molar-refractivity contribution in [1.82, 2.24) is 13.9 Å². The summed E-state index contributed by atoms with van der Waals surface area (Å²) in [5.41, 5.74) is 2.74. The van der Waals surface area contributed by atoms with Gasteiger partial charge in [0.05, 0.1) is 16.8 Å². The molecular weight excluding hydrogens is 428 g/mol. The van der Waals surface area contributed by atoms with Crippen molar-refractivity contribution in [2.45, 2.75) is 38.6 Å². The monoisotopic (exact) mass is 456 g/mol. The average molecular weight is 457 g/mol. The third-order valence-corrected chi connectivity index (χ3v) is 6.30. The number of nitrogens with one attached hydrogen (secondary N) is 2. The van der Waals surface area contributed by atoms with Crippen LogP contribution >= 0.6 is 0 Å². The molecule has 0 saturated carbocycles. The quantitative estimate of drug-likeness (QED) is 0.433. The molecule has 3 aromatic rings. The molecule has 0 spiro atoms. The third-order valence-electron chi connectivity index (χ3n) is 4.98. The van der Waals surface area contributed by atoms with E-state index in [4.69, 9.17) is 0 Å². The van der Waals surface area contributed by atoms with Gasteiger partial charge in [0.25, 0.3) is 0 Å². The molecule has 3 rings (SSSR count). The smallest absolute Gasteiger partial charge is 0.326 e. The van der Waals surface area contributed by atoms with Crippen LogP contribution < -0.4 is 15.7 Å². The summed E-state index contributed by atoms with van der Waals surface area (Å²) in [6.45, 7) is 6.58. The first-order valence-electron chi connectivity index (χ1n) is 10.5. The Morgan fingerprint density at radius 2 is 1.66 bits per heavy atom. The van der Waals surface area contributed by atoms with E-state index in [0.717, 1.165) is 17.5 Å². The zero-order valence-corrected chi connectivity index (χ0v) is 18.9. The van der Waals surface area contributed by atoms with Crippen molar-refractivity contribution in [2.75, 3.05) is 11.9 Å². The molecule has 1 heterocycles. The molecule has 2 N–H and O–H groups in total. The van der Waals surface area contributed by atoms with Crippen molar-refractivity contribution in [3.63, 3.8) is 0 Å². The van der Waals surface area contributed by atoms with Crippen LogP contribution in [0.25, 0.3) is 11.0 Å². The highest BCUT2D eigenvalue weighted by Crippen LogP contribution is 2.15. The minimum Gasteiger partial charge on any atom is -0.326 e. The molecule has 2 aromatic carbocycles. The van der Waals surface area contributed by atoms with Crippen LogP contribution in [0.2, 0.25) is 0 Å². The summed E-state index contributed by atoms with van der Waals surface area (Å²) in [4.78, 5) is 25.3. The van der Waals surface area contributed by atoms with Crippen molar-refractivity contribution < 1.29 is 13.2 Å². The maximum absolute atomic E-state index is 12.8. The highest BCUT2D eigenvalue weighted by Gasteiger charge is 2.14. The Hall–Kier alpha value is -3.17. The van der Waals surface area contributed by atoms with Gasteiger partial charge in [0.1, 0.15) is 0 Å². The van der Waals surface area contributed by atoms with Crippen LogP contribution in [0.4, 0.5) is 5.69 Å².